The zero-order valence-electron chi connectivity index (χ0n) is 12.5. The average Bonchev–Trinajstić information content (AvgIpc) is 3.17. The Balaban J connectivity index is 1.52. The van der Waals surface area contributed by atoms with Crippen molar-refractivity contribution in [3.63, 3.8) is 0 Å². The monoisotopic (exact) mass is 286 g/mol. The van der Waals surface area contributed by atoms with Gasteiger partial charge in [-0.2, -0.15) is 0 Å². The Bertz CT molecular complexity index is 547. The van der Waals surface area contributed by atoms with Gasteiger partial charge < -0.3 is 14.2 Å². The summed E-state index contributed by atoms with van der Waals surface area (Å²) in [6, 6.07) is 12.1. The molecular weight excluding hydrogens is 264 g/mol. The van der Waals surface area contributed by atoms with E-state index in [4.69, 9.17) is 9.26 Å². The molecule has 4 nitrogen and oxygen atoms in total. The maximum Gasteiger partial charge on any atom is 0.167 e. The molecule has 1 unspecified atom stereocenters. The molecule has 0 N–H and O–H groups in total. The van der Waals surface area contributed by atoms with Gasteiger partial charge in [-0.05, 0) is 32.4 Å². The van der Waals surface area contributed by atoms with Gasteiger partial charge in [0.05, 0.1) is 5.69 Å². The van der Waals surface area contributed by atoms with E-state index in [1.54, 1.807) is 0 Å². The van der Waals surface area contributed by atoms with Gasteiger partial charge in [-0.15, -0.1) is 0 Å². The van der Waals surface area contributed by atoms with Crippen molar-refractivity contribution in [1.29, 1.82) is 0 Å². The highest BCUT2D eigenvalue weighted by Gasteiger charge is 2.16. The van der Waals surface area contributed by atoms with Gasteiger partial charge in [0.2, 0.25) is 0 Å². The van der Waals surface area contributed by atoms with E-state index in [0.717, 1.165) is 49.2 Å². The first-order valence-corrected chi connectivity index (χ1v) is 7.58. The fourth-order valence-corrected chi connectivity index (χ4v) is 2.69. The number of hydrogen-bond acceptors (Lipinski definition) is 4. The molecule has 0 saturated carbocycles. The Hall–Kier alpha value is -1.65. The molecule has 4 heteroatoms. The molecule has 112 valence electrons. The van der Waals surface area contributed by atoms with Gasteiger partial charge in [-0.3, -0.25) is 0 Å². The molecule has 1 aromatic carbocycles. The van der Waals surface area contributed by atoms with Gasteiger partial charge in [0.1, 0.15) is 0 Å². The first-order valence-electron chi connectivity index (χ1n) is 7.58. The maximum absolute atomic E-state index is 5.43. The minimum Gasteiger partial charge on any atom is -0.381 e. The summed E-state index contributed by atoms with van der Waals surface area (Å²) in [4.78, 5) is 2.30. The van der Waals surface area contributed by atoms with Crippen molar-refractivity contribution in [2.75, 3.05) is 26.8 Å². The number of hydrogen-bond donors (Lipinski definition) is 0. The lowest BCUT2D eigenvalue weighted by molar-refractivity contribution is 0.180. The van der Waals surface area contributed by atoms with Crippen LogP contribution < -0.4 is 0 Å². The topological polar surface area (TPSA) is 38.5 Å². The lowest BCUT2D eigenvalue weighted by atomic mass is 10.1. The molecule has 1 aliphatic rings. The summed E-state index contributed by atoms with van der Waals surface area (Å²) in [5.74, 6) is 1.56. The van der Waals surface area contributed by atoms with Crippen LogP contribution in [0.2, 0.25) is 0 Å². The van der Waals surface area contributed by atoms with E-state index in [0.29, 0.717) is 0 Å². The van der Waals surface area contributed by atoms with Gasteiger partial charge in [0.25, 0.3) is 0 Å². The molecule has 0 aliphatic carbocycles. The fourth-order valence-electron chi connectivity index (χ4n) is 2.69. The molecule has 2 heterocycles. The predicted molar refractivity (Wildman–Crippen MR) is 81.8 cm³/mol. The second kappa shape index (κ2) is 6.87. The van der Waals surface area contributed by atoms with Gasteiger partial charge in [0.15, 0.2) is 5.76 Å². The summed E-state index contributed by atoms with van der Waals surface area (Å²) in [5, 5.41) is 4.17. The number of ether oxygens (including phenoxy) is 1. The third kappa shape index (κ3) is 3.93. The number of aromatic nitrogens is 1. The van der Waals surface area contributed by atoms with Crippen LogP contribution in [0.5, 0.6) is 0 Å². The van der Waals surface area contributed by atoms with Crippen molar-refractivity contribution in [3.05, 3.63) is 42.1 Å². The summed E-state index contributed by atoms with van der Waals surface area (Å²) < 4.78 is 10.8. The Morgan fingerprint density at radius 3 is 2.90 bits per heavy atom. The molecule has 1 saturated heterocycles. The highest BCUT2D eigenvalue weighted by molar-refractivity contribution is 5.56. The first-order chi connectivity index (χ1) is 10.3. The summed E-state index contributed by atoms with van der Waals surface area (Å²) in [7, 11) is 2.13. The van der Waals surface area contributed by atoms with Crippen molar-refractivity contribution in [2.24, 2.45) is 5.92 Å². The van der Waals surface area contributed by atoms with Crippen LogP contribution >= 0.6 is 0 Å². The van der Waals surface area contributed by atoms with Crippen molar-refractivity contribution in [2.45, 2.75) is 19.4 Å². The Morgan fingerprint density at radius 2 is 2.14 bits per heavy atom. The van der Waals surface area contributed by atoms with Crippen molar-refractivity contribution in [1.82, 2.24) is 10.1 Å². The van der Waals surface area contributed by atoms with Gasteiger partial charge in [0, 0.05) is 31.4 Å². The van der Waals surface area contributed by atoms with Gasteiger partial charge in [-0.1, -0.05) is 35.5 Å². The van der Waals surface area contributed by atoms with Crippen LogP contribution in [-0.4, -0.2) is 36.9 Å². The van der Waals surface area contributed by atoms with Crippen LogP contribution in [-0.2, 0) is 11.3 Å². The van der Waals surface area contributed by atoms with Crippen LogP contribution in [0.15, 0.2) is 40.9 Å². The average molecular weight is 286 g/mol. The summed E-state index contributed by atoms with van der Waals surface area (Å²) in [6.45, 7) is 3.75. The van der Waals surface area contributed by atoms with E-state index in [9.17, 15) is 0 Å². The molecule has 1 aliphatic heterocycles. The molecular formula is C17H22N2O2. The van der Waals surface area contributed by atoms with Gasteiger partial charge >= 0.3 is 0 Å². The summed E-state index contributed by atoms with van der Waals surface area (Å²) in [5.41, 5.74) is 2.06. The van der Waals surface area contributed by atoms with E-state index in [-0.39, 0.29) is 0 Å². The fraction of sp³-hybridized carbons (Fsp3) is 0.471. The molecule has 3 rings (SSSR count). The second-order valence-electron chi connectivity index (χ2n) is 5.80. The van der Waals surface area contributed by atoms with E-state index in [1.165, 1.54) is 12.8 Å². The lowest BCUT2D eigenvalue weighted by Crippen LogP contribution is -2.21. The minimum absolute atomic E-state index is 0.727. The van der Waals surface area contributed by atoms with E-state index in [1.807, 2.05) is 36.4 Å². The SMILES string of the molecule is CN(CCC1CCOC1)Cc1cc(-c2ccccc2)on1. The highest BCUT2D eigenvalue weighted by atomic mass is 16.5. The van der Waals surface area contributed by atoms with Crippen LogP contribution in [0, 0.1) is 5.92 Å². The zero-order valence-corrected chi connectivity index (χ0v) is 12.5. The van der Waals surface area contributed by atoms with Gasteiger partial charge in [-0.25, -0.2) is 0 Å². The first kappa shape index (κ1) is 14.3. The molecule has 1 fully saturated rings. The largest absolute Gasteiger partial charge is 0.381 e. The molecule has 0 amide bonds. The zero-order chi connectivity index (χ0) is 14.5. The number of nitrogens with zero attached hydrogens (tertiary/aromatic N) is 2. The third-order valence-corrected chi connectivity index (χ3v) is 3.99. The molecule has 1 aromatic heterocycles. The van der Waals surface area contributed by atoms with Crippen LogP contribution in [0.4, 0.5) is 0 Å². The maximum atomic E-state index is 5.43. The molecule has 0 radical (unpaired) electrons. The van der Waals surface area contributed by atoms with Crippen LogP contribution in [0.1, 0.15) is 18.5 Å². The molecule has 21 heavy (non-hydrogen) atoms. The highest BCUT2D eigenvalue weighted by Crippen LogP contribution is 2.21. The standard InChI is InChI=1S/C17H22N2O2/c1-19(9-7-14-8-10-20-13-14)12-16-11-17(21-18-16)15-5-3-2-4-6-15/h2-6,11,14H,7-10,12-13H2,1H3. The van der Waals surface area contributed by atoms with E-state index in [2.05, 4.69) is 17.1 Å². The molecule has 1 atom stereocenters. The van der Waals surface area contributed by atoms with Crippen LogP contribution in [0.3, 0.4) is 0 Å². The van der Waals surface area contributed by atoms with E-state index >= 15 is 0 Å². The Kier molecular flexibility index (Phi) is 4.68. The summed E-state index contributed by atoms with van der Waals surface area (Å²) in [6.07, 6.45) is 2.40. The Morgan fingerprint density at radius 1 is 1.29 bits per heavy atom. The molecule has 0 spiro atoms. The number of rotatable bonds is 6. The van der Waals surface area contributed by atoms with Crippen molar-refractivity contribution < 1.29 is 9.26 Å². The van der Waals surface area contributed by atoms with Crippen molar-refractivity contribution >= 4 is 0 Å². The predicted octanol–water partition coefficient (Wildman–Crippen LogP) is 3.20. The third-order valence-electron chi connectivity index (χ3n) is 3.99. The van der Waals surface area contributed by atoms with Crippen LogP contribution in [0.25, 0.3) is 11.3 Å². The molecule has 0 bridgehead atoms. The minimum atomic E-state index is 0.727. The molecule has 2 aromatic rings. The quantitative estimate of drug-likeness (QED) is 0.817. The lowest BCUT2D eigenvalue weighted by Gasteiger charge is -2.16. The smallest absolute Gasteiger partial charge is 0.167 e. The van der Waals surface area contributed by atoms with E-state index < -0.39 is 0 Å². The second-order valence-corrected chi connectivity index (χ2v) is 5.80. The summed E-state index contributed by atoms with van der Waals surface area (Å²) >= 11 is 0. The normalized spacial score (nSPS) is 18.5. The van der Waals surface area contributed by atoms with Crippen molar-refractivity contribution in [3.8, 4) is 11.3 Å². The number of benzene rings is 1. The Labute approximate surface area is 125 Å².